The maximum absolute atomic E-state index is 4.53. The average Bonchev–Trinajstić information content (AvgIpc) is 2.92. The molecular formula is C15H21N3S. The van der Waals surface area contributed by atoms with Gasteiger partial charge in [-0.15, -0.1) is 11.3 Å². The third kappa shape index (κ3) is 3.70. The minimum atomic E-state index is 0.115. The molecule has 2 heterocycles. The number of nitrogens with zero attached hydrogens (tertiary/aromatic N) is 1. The summed E-state index contributed by atoms with van der Waals surface area (Å²) >= 11 is 1.80. The molecule has 4 heteroatoms. The monoisotopic (exact) mass is 275 g/mol. The highest BCUT2D eigenvalue weighted by molar-refractivity contribution is 7.10. The maximum atomic E-state index is 4.53. The minimum Gasteiger partial charge on any atom is -0.370 e. The van der Waals surface area contributed by atoms with E-state index in [4.69, 9.17) is 0 Å². The highest BCUT2D eigenvalue weighted by atomic mass is 32.1. The summed E-state index contributed by atoms with van der Waals surface area (Å²) in [6.45, 7) is 8.33. The molecule has 0 saturated carbocycles. The molecule has 0 atom stereocenters. The zero-order valence-electron chi connectivity index (χ0n) is 11.7. The Morgan fingerprint density at radius 1 is 1.11 bits per heavy atom. The number of thiophene rings is 1. The first kappa shape index (κ1) is 13.9. The Balaban J connectivity index is 2.00. The van der Waals surface area contributed by atoms with Gasteiger partial charge in [0.2, 0.25) is 0 Å². The van der Waals surface area contributed by atoms with Gasteiger partial charge < -0.3 is 10.6 Å². The first-order chi connectivity index (χ1) is 9.12. The van der Waals surface area contributed by atoms with Crippen LogP contribution in [0.1, 0.15) is 25.6 Å². The van der Waals surface area contributed by atoms with Gasteiger partial charge in [-0.05, 0) is 30.5 Å². The van der Waals surface area contributed by atoms with Gasteiger partial charge in [-0.25, -0.2) is 4.98 Å². The molecule has 0 aliphatic heterocycles. The van der Waals surface area contributed by atoms with Crippen molar-refractivity contribution in [3.63, 3.8) is 0 Å². The fraction of sp³-hybridized carbons (Fsp3) is 0.400. The predicted molar refractivity (Wildman–Crippen MR) is 84.2 cm³/mol. The summed E-state index contributed by atoms with van der Waals surface area (Å²) in [5.74, 6) is 1.84. The number of hydrogen-bond acceptors (Lipinski definition) is 4. The molecular weight excluding hydrogens is 254 g/mol. The van der Waals surface area contributed by atoms with Crippen molar-refractivity contribution in [2.45, 2.75) is 26.2 Å². The predicted octanol–water partition coefficient (Wildman–Crippen LogP) is 3.96. The standard InChI is InChI=1S/C15H21N3S/c1-4-16-13-8-5-9-14(18-13)17-11-15(2,3)12-7-6-10-19-12/h5-10H,4,11H2,1-3H3,(H2,16,17,18). The van der Waals surface area contributed by atoms with E-state index in [1.807, 2.05) is 18.2 Å². The summed E-state index contributed by atoms with van der Waals surface area (Å²) in [6, 6.07) is 10.3. The Kier molecular flexibility index (Phi) is 4.43. The molecule has 19 heavy (non-hydrogen) atoms. The van der Waals surface area contributed by atoms with Crippen LogP contribution in [0.4, 0.5) is 11.6 Å². The summed E-state index contributed by atoms with van der Waals surface area (Å²) in [7, 11) is 0. The lowest BCUT2D eigenvalue weighted by atomic mass is 9.91. The number of nitrogens with one attached hydrogen (secondary N) is 2. The van der Waals surface area contributed by atoms with Gasteiger partial charge in [0.15, 0.2) is 0 Å². The van der Waals surface area contributed by atoms with Crippen LogP contribution in [0.2, 0.25) is 0 Å². The van der Waals surface area contributed by atoms with Crippen LogP contribution in [0.3, 0.4) is 0 Å². The molecule has 2 aromatic rings. The van der Waals surface area contributed by atoms with Crippen molar-refractivity contribution in [2.75, 3.05) is 23.7 Å². The summed E-state index contributed by atoms with van der Waals surface area (Å²) in [4.78, 5) is 5.92. The third-order valence-electron chi connectivity index (χ3n) is 3.01. The van der Waals surface area contributed by atoms with Crippen molar-refractivity contribution in [3.05, 3.63) is 40.6 Å². The van der Waals surface area contributed by atoms with E-state index in [1.54, 1.807) is 11.3 Å². The zero-order chi connectivity index (χ0) is 13.7. The highest BCUT2D eigenvalue weighted by Crippen LogP contribution is 2.27. The molecule has 0 amide bonds. The Morgan fingerprint density at radius 2 is 1.84 bits per heavy atom. The Hall–Kier alpha value is -1.55. The van der Waals surface area contributed by atoms with Crippen molar-refractivity contribution < 1.29 is 0 Å². The van der Waals surface area contributed by atoms with E-state index in [0.29, 0.717) is 0 Å². The van der Waals surface area contributed by atoms with Gasteiger partial charge in [-0.2, -0.15) is 0 Å². The Morgan fingerprint density at radius 3 is 2.47 bits per heavy atom. The first-order valence-corrected chi connectivity index (χ1v) is 7.48. The fourth-order valence-corrected chi connectivity index (χ4v) is 2.73. The molecule has 0 fully saturated rings. The molecule has 102 valence electrons. The number of anilines is 2. The van der Waals surface area contributed by atoms with Gasteiger partial charge >= 0.3 is 0 Å². The van der Waals surface area contributed by atoms with Crippen LogP contribution in [0.5, 0.6) is 0 Å². The molecule has 0 spiro atoms. The van der Waals surface area contributed by atoms with Gasteiger partial charge in [-0.1, -0.05) is 26.0 Å². The summed E-state index contributed by atoms with van der Waals surface area (Å²) in [5, 5.41) is 8.78. The number of aromatic nitrogens is 1. The number of pyridine rings is 1. The second-order valence-corrected chi connectivity index (χ2v) is 6.10. The smallest absolute Gasteiger partial charge is 0.128 e. The number of rotatable bonds is 6. The van der Waals surface area contributed by atoms with Crippen molar-refractivity contribution in [1.82, 2.24) is 4.98 Å². The van der Waals surface area contributed by atoms with Crippen molar-refractivity contribution >= 4 is 23.0 Å². The molecule has 3 nitrogen and oxygen atoms in total. The SMILES string of the molecule is CCNc1cccc(NCC(C)(C)c2cccs2)n1. The van der Waals surface area contributed by atoms with Crippen LogP contribution in [0, 0.1) is 0 Å². The molecule has 2 rings (SSSR count). The second-order valence-electron chi connectivity index (χ2n) is 5.15. The normalized spacial score (nSPS) is 11.3. The van der Waals surface area contributed by atoms with Crippen LogP contribution in [-0.4, -0.2) is 18.1 Å². The van der Waals surface area contributed by atoms with Gasteiger partial charge in [0.05, 0.1) is 0 Å². The number of hydrogen-bond donors (Lipinski definition) is 2. The van der Waals surface area contributed by atoms with Crippen molar-refractivity contribution in [2.24, 2.45) is 0 Å². The van der Waals surface area contributed by atoms with E-state index < -0.39 is 0 Å². The third-order valence-corrected chi connectivity index (χ3v) is 4.24. The van der Waals surface area contributed by atoms with Crippen LogP contribution < -0.4 is 10.6 Å². The maximum Gasteiger partial charge on any atom is 0.128 e. The average molecular weight is 275 g/mol. The lowest BCUT2D eigenvalue weighted by molar-refractivity contribution is 0.568. The highest BCUT2D eigenvalue weighted by Gasteiger charge is 2.21. The van der Waals surface area contributed by atoms with Crippen LogP contribution in [0.25, 0.3) is 0 Å². The van der Waals surface area contributed by atoms with E-state index in [2.05, 4.69) is 53.9 Å². The first-order valence-electron chi connectivity index (χ1n) is 6.60. The summed E-state index contributed by atoms with van der Waals surface area (Å²) in [6.07, 6.45) is 0. The molecule has 0 radical (unpaired) electrons. The molecule has 0 aromatic carbocycles. The topological polar surface area (TPSA) is 37.0 Å². The molecule has 0 aliphatic carbocycles. The molecule has 2 aromatic heterocycles. The second kappa shape index (κ2) is 6.06. The van der Waals surface area contributed by atoms with E-state index in [0.717, 1.165) is 24.7 Å². The van der Waals surface area contributed by atoms with E-state index >= 15 is 0 Å². The molecule has 0 aliphatic rings. The fourth-order valence-electron chi connectivity index (χ4n) is 1.88. The quantitative estimate of drug-likeness (QED) is 0.837. The molecule has 0 unspecified atom stereocenters. The minimum absolute atomic E-state index is 0.115. The van der Waals surface area contributed by atoms with E-state index in [9.17, 15) is 0 Å². The molecule has 0 saturated heterocycles. The van der Waals surface area contributed by atoms with Gasteiger partial charge in [-0.3, -0.25) is 0 Å². The van der Waals surface area contributed by atoms with E-state index in [-0.39, 0.29) is 5.41 Å². The molecule has 2 N–H and O–H groups in total. The lowest BCUT2D eigenvalue weighted by Gasteiger charge is -2.24. The lowest BCUT2D eigenvalue weighted by Crippen LogP contribution is -2.26. The largest absolute Gasteiger partial charge is 0.370 e. The van der Waals surface area contributed by atoms with E-state index in [1.165, 1.54) is 4.88 Å². The zero-order valence-corrected chi connectivity index (χ0v) is 12.6. The van der Waals surface area contributed by atoms with Crippen molar-refractivity contribution in [3.8, 4) is 0 Å². The van der Waals surface area contributed by atoms with Gasteiger partial charge in [0.25, 0.3) is 0 Å². The van der Waals surface area contributed by atoms with Crippen LogP contribution in [-0.2, 0) is 5.41 Å². The Labute approximate surface area is 119 Å². The van der Waals surface area contributed by atoms with Crippen LogP contribution in [0.15, 0.2) is 35.7 Å². The summed E-state index contributed by atoms with van der Waals surface area (Å²) < 4.78 is 0. The van der Waals surface area contributed by atoms with Gasteiger partial charge in [0, 0.05) is 23.4 Å². The molecule has 0 bridgehead atoms. The Bertz CT molecular complexity index is 506. The summed E-state index contributed by atoms with van der Waals surface area (Å²) in [5.41, 5.74) is 0.115. The van der Waals surface area contributed by atoms with Crippen molar-refractivity contribution in [1.29, 1.82) is 0 Å². The van der Waals surface area contributed by atoms with Crippen LogP contribution >= 0.6 is 11.3 Å². The van der Waals surface area contributed by atoms with Gasteiger partial charge in [0.1, 0.15) is 11.6 Å².